The number of sulfonamides is 1. The molecule has 37 heavy (non-hydrogen) atoms. The SMILES string of the molecule is O=C([C@@H](Cc1ccccc1)NS(=O)(=O)c1ccc(F)cc1)N1CCN(Cc2ccc3c(c2)OCO3)CC1. The van der Waals surface area contributed by atoms with E-state index in [1.54, 1.807) is 4.90 Å². The number of nitrogens with zero attached hydrogens (tertiary/aromatic N) is 2. The van der Waals surface area contributed by atoms with Gasteiger partial charge in [0.15, 0.2) is 11.5 Å². The summed E-state index contributed by atoms with van der Waals surface area (Å²) in [6.07, 6.45) is 0.206. The van der Waals surface area contributed by atoms with Gasteiger partial charge in [-0.05, 0) is 53.9 Å². The van der Waals surface area contributed by atoms with Gasteiger partial charge >= 0.3 is 0 Å². The minimum atomic E-state index is -4.03. The smallest absolute Gasteiger partial charge is 0.241 e. The summed E-state index contributed by atoms with van der Waals surface area (Å²) in [6, 6.07) is 18.7. The summed E-state index contributed by atoms with van der Waals surface area (Å²) in [5, 5.41) is 0. The fourth-order valence-electron chi connectivity index (χ4n) is 4.54. The predicted octanol–water partition coefficient (Wildman–Crippen LogP) is 2.79. The molecule has 3 aromatic rings. The summed E-state index contributed by atoms with van der Waals surface area (Å²) >= 11 is 0. The van der Waals surface area contributed by atoms with Gasteiger partial charge in [0.05, 0.1) is 4.90 Å². The molecule has 1 atom stereocenters. The zero-order chi connectivity index (χ0) is 25.8. The first kappa shape index (κ1) is 25.2. The van der Waals surface area contributed by atoms with Crippen molar-refractivity contribution >= 4 is 15.9 Å². The van der Waals surface area contributed by atoms with Crippen molar-refractivity contribution in [1.29, 1.82) is 0 Å². The molecule has 10 heteroatoms. The van der Waals surface area contributed by atoms with Crippen LogP contribution >= 0.6 is 0 Å². The van der Waals surface area contributed by atoms with Crippen LogP contribution in [0.25, 0.3) is 0 Å². The van der Waals surface area contributed by atoms with Gasteiger partial charge in [0.25, 0.3) is 0 Å². The molecule has 0 spiro atoms. The summed E-state index contributed by atoms with van der Waals surface area (Å²) in [6.45, 7) is 3.21. The molecule has 0 aliphatic carbocycles. The first-order valence-corrected chi connectivity index (χ1v) is 13.6. The van der Waals surface area contributed by atoms with Crippen LogP contribution in [0.1, 0.15) is 11.1 Å². The van der Waals surface area contributed by atoms with E-state index in [0.717, 1.165) is 34.8 Å². The van der Waals surface area contributed by atoms with E-state index < -0.39 is 21.9 Å². The van der Waals surface area contributed by atoms with E-state index in [1.165, 1.54) is 12.1 Å². The van der Waals surface area contributed by atoms with Crippen molar-refractivity contribution in [3.05, 3.63) is 89.7 Å². The van der Waals surface area contributed by atoms with Crippen LogP contribution in [0, 0.1) is 5.82 Å². The van der Waals surface area contributed by atoms with Crippen molar-refractivity contribution in [3.63, 3.8) is 0 Å². The van der Waals surface area contributed by atoms with Crippen molar-refractivity contribution in [2.24, 2.45) is 0 Å². The standard InChI is InChI=1S/C27H28FN3O5S/c28-22-7-9-23(10-8-22)37(33,34)29-24(16-20-4-2-1-3-5-20)27(32)31-14-12-30(13-15-31)18-21-6-11-25-26(17-21)36-19-35-25/h1-11,17,24,29H,12-16,18-19H2/t24-/m1/s1. The molecule has 2 aliphatic rings. The summed E-state index contributed by atoms with van der Waals surface area (Å²) in [7, 11) is -4.03. The average Bonchev–Trinajstić information content (AvgIpc) is 3.37. The second kappa shape index (κ2) is 10.9. The van der Waals surface area contributed by atoms with Crippen molar-refractivity contribution < 1.29 is 27.1 Å². The van der Waals surface area contributed by atoms with Crippen LogP contribution in [-0.4, -0.2) is 63.1 Å². The van der Waals surface area contributed by atoms with Gasteiger partial charge in [0.1, 0.15) is 11.9 Å². The van der Waals surface area contributed by atoms with Crippen molar-refractivity contribution in [3.8, 4) is 11.5 Å². The van der Waals surface area contributed by atoms with Gasteiger partial charge in [-0.2, -0.15) is 4.72 Å². The number of carbonyl (C=O) groups is 1. The Bertz CT molecular complexity index is 1340. The molecule has 0 saturated carbocycles. The highest BCUT2D eigenvalue weighted by molar-refractivity contribution is 7.89. The lowest BCUT2D eigenvalue weighted by molar-refractivity contribution is -0.134. The quantitative estimate of drug-likeness (QED) is 0.487. The molecule has 0 bridgehead atoms. The number of hydrogen-bond donors (Lipinski definition) is 1. The summed E-state index contributed by atoms with van der Waals surface area (Å²) in [4.78, 5) is 17.4. The fraction of sp³-hybridized carbons (Fsp3) is 0.296. The molecule has 8 nitrogen and oxygen atoms in total. The normalized spacial score (nSPS) is 16.5. The number of benzene rings is 3. The highest BCUT2D eigenvalue weighted by Gasteiger charge is 2.31. The summed E-state index contributed by atoms with van der Waals surface area (Å²) in [5.41, 5.74) is 1.93. The largest absolute Gasteiger partial charge is 0.454 e. The molecule has 1 saturated heterocycles. The topological polar surface area (TPSA) is 88.2 Å². The molecule has 2 heterocycles. The van der Waals surface area contributed by atoms with Gasteiger partial charge in [-0.15, -0.1) is 0 Å². The van der Waals surface area contributed by atoms with Crippen LogP contribution < -0.4 is 14.2 Å². The Morgan fingerprint density at radius 3 is 2.32 bits per heavy atom. The molecule has 3 aromatic carbocycles. The Labute approximate surface area is 215 Å². The highest BCUT2D eigenvalue weighted by atomic mass is 32.2. The number of fused-ring (bicyclic) bond motifs is 1. The van der Waals surface area contributed by atoms with E-state index in [9.17, 15) is 17.6 Å². The van der Waals surface area contributed by atoms with Crippen LogP contribution in [0.15, 0.2) is 77.7 Å². The third-order valence-electron chi connectivity index (χ3n) is 6.53. The van der Waals surface area contributed by atoms with E-state index in [0.29, 0.717) is 32.7 Å². The van der Waals surface area contributed by atoms with Gasteiger partial charge < -0.3 is 14.4 Å². The molecule has 1 amide bonds. The average molecular weight is 526 g/mol. The van der Waals surface area contributed by atoms with E-state index in [1.807, 2.05) is 48.5 Å². The second-order valence-electron chi connectivity index (χ2n) is 9.11. The second-order valence-corrected chi connectivity index (χ2v) is 10.8. The third kappa shape index (κ3) is 6.10. The third-order valence-corrected chi connectivity index (χ3v) is 8.02. The zero-order valence-electron chi connectivity index (χ0n) is 20.2. The van der Waals surface area contributed by atoms with E-state index in [-0.39, 0.29) is 24.0 Å². The Morgan fingerprint density at radius 2 is 1.59 bits per heavy atom. The first-order valence-electron chi connectivity index (χ1n) is 12.1. The molecule has 1 N–H and O–H groups in total. The number of carbonyl (C=O) groups excluding carboxylic acids is 1. The molecule has 194 valence electrons. The van der Waals surface area contributed by atoms with Gasteiger partial charge in [-0.25, -0.2) is 12.8 Å². The van der Waals surface area contributed by atoms with E-state index in [4.69, 9.17) is 9.47 Å². The zero-order valence-corrected chi connectivity index (χ0v) is 21.0. The Hall–Kier alpha value is -3.47. The number of ether oxygens (including phenoxy) is 2. The lowest BCUT2D eigenvalue weighted by Crippen LogP contribution is -2.55. The van der Waals surface area contributed by atoms with Crippen molar-refractivity contribution in [2.45, 2.75) is 23.9 Å². The Kier molecular flexibility index (Phi) is 7.40. The number of piperazine rings is 1. The molecular weight excluding hydrogens is 497 g/mol. The van der Waals surface area contributed by atoms with Gasteiger partial charge in [0.2, 0.25) is 22.7 Å². The molecule has 0 radical (unpaired) electrons. The lowest BCUT2D eigenvalue weighted by atomic mass is 10.1. The molecule has 0 aromatic heterocycles. The van der Waals surface area contributed by atoms with Gasteiger partial charge in [0, 0.05) is 32.7 Å². The minimum Gasteiger partial charge on any atom is -0.454 e. The van der Waals surface area contributed by atoms with Gasteiger partial charge in [-0.3, -0.25) is 9.69 Å². The summed E-state index contributed by atoms with van der Waals surface area (Å²) in [5.74, 6) is 0.668. The molecular formula is C27H28FN3O5S. The number of rotatable bonds is 8. The maximum atomic E-state index is 13.5. The van der Waals surface area contributed by atoms with E-state index in [2.05, 4.69) is 9.62 Å². The number of hydrogen-bond acceptors (Lipinski definition) is 6. The molecule has 0 unspecified atom stereocenters. The predicted molar refractivity (Wildman–Crippen MR) is 135 cm³/mol. The number of halogens is 1. The molecule has 1 fully saturated rings. The highest BCUT2D eigenvalue weighted by Crippen LogP contribution is 2.32. The minimum absolute atomic E-state index is 0.0895. The van der Waals surface area contributed by atoms with Crippen LogP contribution in [0.3, 0.4) is 0 Å². The lowest BCUT2D eigenvalue weighted by Gasteiger charge is -2.36. The molecule has 2 aliphatic heterocycles. The van der Waals surface area contributed by atoms with Crippen LogP contribution in [-0.2, 0) is 27.8 Å². The maximum absolute atomic E-state index is 13.5. The number of nitrogens with one attached hydrogen (secondary N) is 1. The van der Waals surface area contributed by atoms with Crippen LogP contribution in [0.2, 0.25) is 0 Å². The Balaban J connectivity index is 1.26. The van der Waals surface area contributed by atoms with Crippen molar-refractivity contribution in [1.82, 2.24) is 14.5 Å². The number of amides is 1. The molecule has 5 rings (SSSR count). The summed E-state index contributed by atoms with van der Waals surface area (Å²) < 4.78 is 52.8. The van der Waals surface area contributed by atoms with Crippen LogP contribution in [0.4, 0.5) is 4.39 Å². The maximum Gasteiger partial charge on any atom is 0.241 e. The fourth-order valence-corrected chi connectivity index (χ4v) is 5.73. The van der Waals surface area contributed by atoms with Gasteiger partial charge in [-0.1, -0.05) is 36.4 Å². The Morgan fingerprint density at radius 1 is 0.892 bits per heavy atom. The van der Waals surface area contributed by atoms with Crippen molar-refractivity contribution in [2.75, 3.05) is 33.0 Å². The monoisotopic (exact) mass is 525 g/mol. The van der Waals surface area contributed by atoms with E-state index >= 15 is 0 Å². The first-order chi connectivity index (χ1) is 17.9. The van der Waals surface area contributed by atoms with Crippen LogP contribution in [0.5, 0.6) is 11.5 Å².